The van der Waals surface area contributed by atoms with Crippen LogP contribution in [0, 0.1) is 0 Å². The highest BCUT2D eigenvalue weighted by molar-refractivity contribution is 5.35. The zero-order valence-corrected chi connectivity index (χ0v) is 11.7. The van der Waals surface area contributed by atoms with E-state index < -0.39 is 0 Å². The fraction of sp³-hybridized carbons (Fsp3) is 0.500. The van der Waals surface area contributed by atoms with E-state index in [0.717, 1.165) is 13.0 Å². The second-order valence-electron chi connectivity index (χ2n) is 4.09. The predicted molar refractivity (Wildman–Crippen MR) is 75.9 cm³/mol. The molecule has 0 aliphatic rings. The molecule has 0 fully saturated rings. The zero-order valence-electron chi connectivity index (χ0n) is 11.7. The third-order valence-electron chi connectivity index (χ3n) is 2.49. The number of anilines is 2. The smallest absolute Gasteiger partial charge is 0.323 e. The standard InChI is InChI=1S/C12H19N7O/c1-3-8-20-12-17-10(13-2)16-11(18-12)15-5-7-19-6-4-14-9-19/h4,6,9H,3,5,7-8H2,1-2H3,(H2,13,15,16,17,18). The maximum absolute atomic E-state index is 5.43. The second-order valence-corrected chi connectivity index (χ2v) is 4.09. The van der Waals surface area contributed by atoms with E-state index in [4.69, 9.17) is 4.74 Å². The molecular formula is C12H19N7O. The third kappa shape index (κ3) is 4.08. The van der Waals surface area contributed by atoms with Crippen molar-refractivity contribution in [2.45, 2.75) is 19.9 Å². The lowest BCUT2D eigenvalue weighted by molar-refractivity contribution is 0.292. The van der Waals surface area contributed by atoms with Gasteiger partial charge in [0.2, 0.25) is 11.9 Å². The molecule has 20 heavy (non-hydrogen) atoms. The molecule has 0 aliphatic carbocycles. The summed E-state index contributed by atoms with van der Waals surface area (Å²) in [6.07, 6.45) is 6.33. The number of nitrogens with one attached hydrogen (secondary N) is 2. The van der Waals surface area contributed by atoms with Crippen molar-refractivity contribution in [3.63, 3.8) is 0 Å². The number of hydrogen-bond acceptors (Lipinski definition) is 7. The second kappa shape index (κ2) is 7.27. The Balaban J connectivity index is 1.94. The molecule has 0 saturated carbocycles. The Morgan fingerprint density at radius 2 is 2.10 bits per heavy atom. The molecule has 0 radical (unpaired) electrons. The lowest BCUT2D eigenvalue weighted by Gasteiger charge is -2.09. The van der Waals surface area contributed by atoms with Crippen LogP contribution in [0.1, 0.15) is 13.3 Å². The van der Waals surface area contributed by atoms with E-state index in [0.29, 0.717) is 31.1 Å². The van der Waals surface area contributed by atoms with Gasteiger partial charge in [0.05, 0.1) is 12.9 Å². The topological polar surface area (TPSA) is 89.8 Å². The van der Waals surface area contributed by atoms with Gasteiger partial charge in [-0.2, -0.15) is 15.0 Å². The minimum absolute atomic E-state index is 0.330. The van der Waals surface area contributed by atoms with Crippen LogP contribution in [0.5, 0.6) is 6.01 Å². The minimum Gasteiger partial charge on any atom is -0.463 e. The summed E-state index contributed by atoms with van der Waals surface area (Å²) in [7, 11) is 1.76. The van der Waals surface area contributed by atoms with Crippen molar-refractivity contribution < 1.29 is 4.74 Å². The van der Waals surface area contributed by atoms with Crippen molar-refractivity contribution >= 4 is 11.9 Å². The normalized spacial score (nSPS) is 10.3. The number of aromatic nitrogens is 5. The van der Waals surface area contributed by atoms with Gasteiger partial charge in [0, 0.05) is 32.5 Å². The van der Waals surface area contributed by atoms with E-state index in [2.05, 4.69) is 30.6 Å². The monoisotopic (exact) mass is 277 g/mol. The largest absolute Gasteiger partial charge is 0.463 e. The van der Waals surface area contributed by atoms with Crippen LogP contribution < -0.4 is 15.4 Å². The molecule has 2 rings (SSSR count). The first kappa shape index (κ1) is 14.0. The van der Waals surface area contributed by atoms with E-state index in [9.17, 15) is 0 Å². The summed E-state index contributed by atoms with van der Waals surface area (Å²) in [6, 6.07) is 0.330. The first-order chi connectivity index (χ1) is 9.81. The summed E-state index contributed by atoms with van der Waals surface area (Å²) >= 11 is 0. The number of ether oxygens (including phenoxy) is 1. The van der Waals surface area contributed by atoms with E-state index in [-0.39, 0.29) is 0 Å². The van der Waals surface area contributed by atoms with Gasteiger partial charge in [-0.25, -0.2) is 4.98 Å². The number of nitrogens with zero attached hydrogens (tertiary/aromatic N) is 5. The van der Waals surface area contributed by atoms with Gasteiger partial charge in [0.25, 0.3) is 0 Å². The fourth-order valence-electron chi connectivity index (χ4n) is 1.52. The highest BCUT2D eigenvalue weighted by atomic mass is 16.5. The molecule has 108 valence electrons. The Hall–Kier alpha value is -2.38. The van der Waals surface area contributed by atoms with Gasteiger partial charge >= 0.3 is 6.01 Å². The first-order valence-corrected chi connectivity index (χ1v) is 6.58. The SMILES string of the molecule is CCCOc1nc(NC)nc(NCCn2ccnc2)n1. The third-order valence-corrected chi connectivity index (χ3v) is 2.49. The van der Waals surface area contributed by atoms with Crippen LogP contribution in [-0.4, -0.2) is 44.7 Å². The van der Waals surface area contributed by atoms with Crippen LogP contribution in [0.25, 0.3) is 0 Å². The predicted octanol–water partition coefficient (Wildman–Crippen LogP) is 1.01. The molecule has 2 N–H and O–H groups in total. The Kier molecular flexibility index (Phi) is 5.10. The maximum Gasteiger partial charge on any atom is 0.323 e. The average molecular weight is 277 g/mol. The van der Waals surface area contributed by atoms with Crippen molar-refractivity contribution in [3.8, 4) is 6.01 Å². The van der Waals surface area contributed by atoms with Crippen LogP contribution in [-0.2, 0) is 6.54 Å². The van der Waals surface area contributed by atoms with Crippen LogP contribution in [0.4, 0.5) is 11.9 Å². The van der Waals surface area contributed by atoms with Gasteiger partial charge < -0.3 is 19.9 Å². The summed E-state index contributed by atoms with van der Waals surface area (Å²) in [5.41, 5.74) is 0. The van der Waals surface area contributed by atoms with E-state index in [1.807, 2.05) is 17.7 Å². The van der Waals surface area contributed by atoms with Crippen molar-refractivity contribution in [2.75, 3.05) is 30.8 Å². The summed E-state index contributed by atoms with van der Waals surface area (Å²) in [4.78, 5) is 16.6. The van der Waals surface area contributed by atoms with Gasteiger partial charge in [0.1, 0.15) is 0 Å². The number of hydrogen-bond donors (Lipinski definition) is 2. The fourth-order valence-corrected chi connectivity index (χ4v) is 1.52. The van der Waals surface area contributed by atoms with Crippen LogP contribution >= 0.6 is 0 Å². The molecule has 0 saturated heterocycles. The molecule has 0 amide bonds. The summed E-state index contributed by atoms with van der Waals surface area (Å²) in [5, 5.41) is 6.03. The average Bonchev–Trinajstić information content (AvgIpc) is 2.98. The molecule has 0 bridgehead atoms. The molecule has 0 aromatic carbocycles. The Labute approximate surface area is 117 Å². The summed E-state index contributed by atoms with van der Waals surface area (Å²) < 4.78 is 7.41. The Bertz CT molecular complexity index is 515. The van der Waals surface area contributed by atoms with Gasteiger partial charge in [-0.05, 0) is 6.42 Å². The van der Waals surface area contributed by atoms with Gasteiger partial charge in [-0.15, -0.1) is 0 Å². The highest BCUT2D eigenvalue weighted by Gasteiger charge is 2.06. The highest BCUT2D eigenvalue weighted by Crippen LogP contribution is 2.10. The summed E-state index contributed by atoms with van der Waals surface area (Å²) in [6.45, 7) is 4.09. The maximum atomic E-state index is 5.43. The van der Waals surface area contributed by atoms with Crippen LogP contribution in [0.15, 0.2) is 18.7 Å². The molecule has 0 spiro atoms. The molecule has 8 heteroatoms. The molecule has 2 aromatic rings. The van der Waals surface area contributed by atoms with Crippen molar-refractivity contribution in [1.82, 2.24) is 24.5 Å². The quantitative estimate of drug-likeness (QED) is 0.744. The zero-order chi connectivity index (χ0) is 14.2. The number of rotatable bonds is 8. The molecule has 2 heterocycles. The van der Waals surface area contributed by atoms with Crippen LogP contribution in [0.3, 0.4) is 0 Å². The van der Waals surface area contributed by atoms with Crippen molar-refractivity contribution in [3.05, 3.63) is 18.7 Å². The molecule has 0 aliphatic heterocycles. The van der Waals surface area contributed by atoms with E-state index in [1.165, 1.54) is 0 Å². The molecule has 0 unspecified atom stereocenters. The van der Waals surface area contributed by atoms with E-state index >= 15 is 0 Å². The first-order valence-electron chi connectivity index (χ1n) is 6.58. The van der Waals surface area contributed by atoms with Crippen molar-refractivity contribution in [1.29, 1.82) is 0 Å². The molecule has 2 aromatic heterocycles. The summed E-state index contributed by atoms with van der Waals surface area (Å²) in [5.74, 6) is 0.979. The lowest BCUT2D eigenvalue weighted by Crippen LogP contribution is -2.13. The number of imidazole rings is 1. The van der Waals surface area contributed by atoms with E-state index in [1.54, 1.807) is 19.6 Å². The Morgan fingerprint density at radius 1 is 1.25 bits per heavy atom. The van der Waals surface area contributed by atoms with Gasteiger partial charge in [-0.1, -0.05) is 6.92 Å². The molecule has 8 nitrogen and oxygen atoms in total. The Morgan fingerprint density at radius 3 is 2.80 bits per heavy atom. The van der Waals surface area contributed by atoms with Gasteiger partial charge in [-0.3, -0.25) is 0 Å². The van der Waals surface area contributed by atoms with Crippen molar-refractivity contribution in [2.24, 2.45) is 0 Å². The minimum atomic E-state index is 0.330. The molecular weight excluding hydrogens is 258 g/mol. The van der Waals surface area contributed by atoms with Crippen LogP contribution in [0.2, 0.25) is 0 Å². The van der Waals surface area contributed by atoms with Gasteiger partial charge in [0.15, 0.2) is 0 Å². The molecule has 0 atom stereocenters. The lowest BCUT2D eigenvalue weighted by atomic mass is 10.5.